The summed E-state index contributed by atoms with van der Waals surface area (Å²) in [6.07, 6.45) is 7.41. The first-order valence-electron chi connectivity index (χ1n) is 10.4. The first-order chi connectivity index (χ1) is 13.5. The number of fused-ring (bicyclic) bond motifs is 1. The van der Waals surface area contributed by atoms with Crippen molar-refractivity contribution in [2.45, 2.75) is 45.1 Å². The number of benzene rings is 1. The third-order valence-corrected chi connectivity index (χ3v) is 7.95. The van der Waals surface area contributed by atoms with Crippen LogP contribution in [0.1, 0.15) is 49.4 Å². The fourth-order valence-corrected chi connectivity index (χ4v) is 6.02. The SMILES string of the molecule is CCCS(=O)(=O)n1ccc2cc(C(=O)N3CCN(C4CCCC4)CC3)ccc21. The number of hydrogen-bond acceptors (Lipinski definition) is 4. The van der Waals surface area contributed by atoms with Crippen LogP contribution in [0.3, 0.4) is 0 Å². The van der Waals surface area contributed by atoms with Gasteiger partial charge in [-0.05, 0) is 43.5 Å². The van der Waals surface area contributed by atoms with Crippen LogP contribution in [0.4, 0.5) is 0 Å². The molecule has 28 heavy (non-hydrogen) atoms. The Morgan fingerprint density at radius 3 is 2.46 bits per heavy atom. The molecule has 2 fully saturated rings. The summed E-state index contributed by atoms with van der Waals surface area (Å²) in [5.41, 5.74) is 1.27. The average Bonchev–Trinajstić information content (AvgIpc) is 3.37. The van der Waals surface area contributed by atoms with E-state index in [1.54, 1.807) is 24.4 Å². The molecule has 152 valence electrons. The number of piperazine rings is 1. The largest absolute Gasteiger partial charge is 0.336 e. The van der Waals surface area contributed by atoms with Gasteiger partial charge in [0.05, 0.1) is 11.3 Å². The van der Waals surface area contributed by atoms with E-state index in [9.17, 15) is 13.2 Å². The summed E-state index contributed by atoms with van der Waals surface area (Å²) in [6, 6.07) is 7.81. The molecule has 2 aliphatic rings. The van der Waals surface area contributed by atoms with E-state index in [1.165, 1.54) is 29.7 Å². The van der Waals surface area contributed by atoms with Crippen molar-refractivity contribution in [1.82, 2.24) is 13.8 Å². The summed E-state index contributed by atoms with van der Waals surface area (Å²) < 4.78 is 26.1. The maximum absolute atomic E-state index is 13.0. The number of carbonyl (C=O) groups excluding carboxylic acids is 1. The van der Waals surface area contributed by atoms with Crippen LogP contribution >= 0.6 is 0 Å². The number of amides is 1. The highest BCUT2D eigenvalue weighted by molar-refractivity contribution is 7.90. The van der Waals surface area contributed by atoms with E-state index < -0.39 is 10.0 Å². The van der Waals surface area contributed by atoms with Crippen molar-refractivity contribution in [3.8, 4) is 0 Å². The van der Waals surface area contributed by atoms with Gasteiger partial charge in [-0.3, -0.25) is 9.69 Å². The lowest BCUT2D eigenvalue weighted by atomic mass is 10.1. The Morgan fingerprint density at radius 1 is 1.07 bits per heavy atom. The molecule has 7 heteroatoms. The van der Waals surface area contributed by atoms with Crippen molar-refractivity contribution in [3.05, 3.63) is 36.0 Å². The second-order valence-electron chi connectivity index (χ2n) is 7.97. The van der Waals surface area contributed by atoms with Crippen LogP contribution in [0.15, 0.2) is 30.5 Å². The van der Waals surface area contributed by atoms with Crippen molar-refractivity contribution in [3.63, 3.8) is 0 Å². The van der Waals surface area contributed by atoms with Gasteiger partial charge in [0, 0.05) is 49.4 Å². The second-order valence-corrected chi connectivity index (χ2v) is 9.93. The quantitative estimate of drug-likeness (QED) is 0.770. The maximum Gasteiger partial charge on any atom is 0.253 e. The van der Waals surface area contributed by atoms with Gasteiger partial charge in [-0.1, -0.05) is 19.8 Å². The minimum Gasteiger partial charge on any atom is -0.336 e. The topological polar surface area (TPSA) is 62.6 Å². The predicted octanol–water partition coefficient (Wildman–Crippen LogP) is 2.93. The fraction of sp³-hybridized carbons (Fsp3) is 0.571. The Labute approximate surface area is 167 Å². The van der Waals surface area contributed by atoms with Crippen molar-refractivity contribution in [2.75, 3.05) is 31.9 Å². The molecule has 2 aromatic rings. The highest BCUT2D eigenvalue weighted by Gasteiger charge is 2.28. The first-order valence-corrected chi connectivity index (χ1v) is 12.0. The monoisotopic (exact) mass is 403 g/mol. The van der Waals surface area contributed by atoms with Crippen LogP contribution in [-0.4, -0.2) is 66.1 Å². The van der Waals surface area contributed by atoms with E-state index in [2.05, 4.69) is 4.90 Å². The molecule has 1 amide bonds. The lowest BCUT2D eigenvalue weighted by Gasteiger charge is -2.38. The van der Waals surface area contributed by atoms with Crippen molar-refractivity contribution >= 4 is 26.8 Å². The van der Waals surface area contributed by atoms with E-state index >= 15 is 0 Å². The average molecular weight is 404 g/mol. The van der Waals surface area contributed by atoms with E-state index in [0.29, 0.717) is 23.5 Å². The second kappa shape index (κ2) is 7.87. The summed E-state index contributed by atoms with van der Waals surface area (Å²) in [6.45, 7) is 5.28. The van der Waals surface area contributed by atoms with Crippen LogP contribution < -0.4 is 0 Å². The van der Waals surface area contributed by atoms with Gasteiger partial charge >= 0.3 is 0 Å². The number of carbonyl (C=O) groups is 1. The molecular formula is C21H29N3O3S. The lowest BCUT2D eigenvalue weighted by Crippen LogP contribution is -2.51. The van der Waals surface area contributed by atoms with Crippen molar-refractivity contribution < 1.29 is 13.2 Å². The summed E-state index contributed by atoms with van der Waals surface area (Å²) in [7, 11) is -3.35. The van der Waals surface area contributed by atoms with Crippen LogP contribution in [0, 0.1) is 0 Å². The van der Waals surface area contributed by atoms with Gasteiger partial charge in [0.25, 0.3) is 5.91 Å². The molecule has 0 atom stereocenters. The molecule has 0 spiro atoms. The number of rotatable bonds is 5. The maximum atomic E-state index is 13.0. The number of aromatic nitrogens is 1. The summed E-state index contributed by atoms with van der Waals surface area (Å²) in [5.74, 6) is 0.153. The van der Waals surface area contributed by atoms with Crippen molar-refractivity contribution in [1.29, 1.82) is 0 Å². The highest BCUT2D eigenvalue weighted by Crippen LogP contribution is 2.25. The Morgan fingerprint density at radius 2 is 1.79 bits per heavy atom. The van der Waals surface area contributed by atoms with Gasteiger partial charge in [0.15, 0.2) is 0 Å². The Kier molecular flexibility index (Phi) is 5.47. The summed E-state index contributed by atoms with van der Waals surface area (Å²) in [5, 5.41) is 0.787. The summed E-state index contributed by atoms with van der Waals surface area (Å²) in [4.78, 5) is 17.4. The Balaban J connectivity index is 1.48. The molecule has 1 aromatic heterocycles. The number of hydrogen-bond donors (Lipinski definition) is 0. The smallest absolute Gasteiger partial charge is 0.253 e. The minimum absolute atomic E-state index is 0.0390. The Hall–Kier alpha value is -1.86. The van der Waals surface area contributed by atoms with E-state index in [-0.39, 0.29) is 11.7 Å². The Bertz CT molecular complexity index is 952. The molecule has 1 aliphatic heterocycles. The molecule has 1 aliphatic carbocycles. The molecule has 0 bridgehead atoms. The van der Waals surface area contributed by atoms with Gasteiger partial charge < -0.3 is 4.90 Å². The lowest BCUT2D eigenvalue weighted by molar-refractivity contribution is 0.0573. The molecule has 0 N–H and O–H groups in total. The molecule has 6 nitrogen and oxygen atoms in total. The first kappa shape index (κ1) is 19.5. The molecule has 1 saturated heterocycles. The van der Waals surface area contributed by atoms with Crippen LogP contribution in [0.2, 0.25) is 0 Å². The van der Waals surface area contributed by atoms with E-state index in [1.807, 2.05) is 17.9 Å². The molecular weight excluding hydrogens is 374 g/mol. The molecule has 0 unspecified atom stereocenters. The molecule has 4 rings (SSSR count). The van der Waals surface area contributed by atoms with E-state index in [4.69, 9.17) is 0 Å². The molecule has 0 radical (unpaired) electrons. The van der Waals surface area contributed by atoms with Gasteiger partial charge in [0.1, 0.15) is 0 Å². The normalized spacial score (nSPS) is 19.5. The zero-order valence-electron chi connectivity index (χ0n) is 16.5. The third kappa shape index (κ3) is 3.70. The van der Waals surface area contributed by atoms with Crippen LogP contribution in [0.5, 0.6) is 0 Å². The van der Waals surface area contributed by atoms with Gasteiger partial charge in [-0.2, -0.15) is 0 Å². The fourth-order valence-electron chi connectivity index (χ4n) is 4.59. The standard InChI is InChI=1S/C21H29N3O3S/c1-2-15-28(26,27)24-10-9-17-16-18(7-8-20(17)24)21(25)23-13-11-22(12-14-23)19-5-3-4-6-19/h7-10,16,19H,2-6,11-15H2,1H3. The predicted molar refractivity (Wildman–Crippen MR) is 111 cm³/mol. The van der Waals surface area contributed by atoms with Gasteiger partial charge in [-0.15, -0.1) is 0 Å². The third-order valence-electron chi connectivity index (χ3n) is 6.11. The van der Waals surface area contributed by atoms with Gasteiger partial charge in [-0.25, -0.2) is 12.4 Å². The van der Waals surface area contributed by atoms with Gasteiger partial charge in [0.2, 0.25) is 10.0 Å². The minimum atomic E-state index is -3.35. The number of nitrogens with zero attached hydrogens (tertiary/aromatic N) is 3. The molecule has 1 saturated carbocycles. The highest BCUT2D eigenvalue weighted by atomic mass is 32.2. The molecule has 2 heterocycles. The zero-order valence-corrected chi connectivity index (χ0v) is 17.3. The van der Waals surface area contributed by atoms with Crippen LogP contribution in [-0.2, 0) is 10.0 Å². The van der Waals surface area contributed by atoms with E-state index in [0.717, 1.165) is 31.6 Å². The van der Waals surface area contributed by atoms with Crippen molar-refractivity contribution in [2.24, 2.45) is 0 Å². The van der Waals surface area contributed by atoms with Crippen LogP contribution in [0.25, 0.3) is 10.9 Å². The zero-order chi connectivity index (χ0) is 19.7. The molecule has 1 aromatic carbocycles. The summed E-state index contributed by atoms with van der Waals surface area (Å²) >= 11 is 0.